The molecule has 8 heteroatoms. The summed E-state index contributed by atoms with van der Waals surface area (Å²) in [7, 11) is 0. The molecule has 0 aliphatic carbocycles. The summed E-state index contributed by atoms with van der Waals surface area (Å²) in [5.74, 6) is -0.0146. The smallest absolute Gasteiger partial charge is 0.411 e. The third kappa shape index (κ3) is 4.35. The van der Waals surface area contributed by atoms with Crippen LogP contribution < -0.4 is 20.7 Å². The lowest BCUT2D eigenvalue weighted by molar-refractivity contribution is -0.122. The maximum Gasteiger partial charge on any atom is 0.411 e. The van der Waals surface area contributed by atoms with Gasteiger partial charge in [-0.25, -0.2) is 4.79 Å². The standard InChI is InChI=1S/C19H19N3O5/c1-3-26-19(25)21-13-6-4-12(5-7-13)18(24)20-14-8-9-16-15(10-14)22-17(23)11(2)27-16/h4-11H,3H2,1-2H3,(H,20,24)(H,21,25)(H,22,23)/t11-/m0/s1. The Morgan fingerprint density at radius 3 is 2.52 bits per heavy atom. The molecule has 0 saturated heterocycles. The molecule has 0 fully saturated rings. The van der Waals surface area contributed by atoms with Crippen LogP contribution >= 0.6 is 0 Å². The van der Waals surface area contributed by atoms with Crippen molar-refractivity contribution in [3.8, 4) is 5.75 Å². The maximum atomic E-state index is 12.4. The molecule has 0 unspecified atom stereocenters. The van der Waals surface area contributed by atoms with Gasteiger partial charge in [0.25, 0.3) is 11.8 Å². The number of ether oxygens (including phenoxy) is 2. The molecule has 2 aromatic carbocycles. The minimum absolute atomic E-state index is 0.240. The van der Waals surface area contributed by atoms with Crippen LogP contribution in [0.1, 0.15) is 24.2 Å². The van der Waals surface area contributed by atoms with E-state index in [1.165, 1.54) is 0 Å². The van der Waals surface area contributed by atoms with Crippen molar-refractivity contribution in [2.45, 2.75) is 20.0 Å². The number of amides is 3. The van der Waals surface area contributed by atoms with Gasteiger partial charge in [0.2, 0.25) is 0 Å². The van der Waals surface area contributed by atoms with E-state index in [1.54, 1.807) is 56.3 Å². The van der Waals surface area contributed by atoms with Gasteiger partial charge in [0.1, 0.15) is 5.75 Å². The van der Waals surface area contributed by atoms with Gasteiger partial charge in [-0.3, -0.25) is 14.9 Å². The summed E-state index contributed by atoms with van der Waals surface area (Å²) in [5, 5.41) is 8.04. The monoisotopic (exact) mass is 369 g/mol. The van der Waals surface area contributed by atoms with Gasteiger partial charge in [-0.2, -0.15) is 0 Å². The Morgan fingerprint density at radius 2 is 1.81 bits per heavy atom. The van der Waals surface area contributed by atoms with E-state index < -0.39 is 12.2 Å². The molecule has 8 nitrogen and oxygen atoms in total. The zero-order valence-electron chi connectivity index (χ0n) is 14.9. The molecule has 0 bridgehead atoms. The Hall–Kier alpha value is -3.55. The van der Waals surface area contributed by atoms with Crippen LogP contribution in [0.3, 0.4) is 0 Å². The SMILES string of the molecule is CCOC(=O)Nc1ccc(C(=O)Nc2ccc3c(c2)NC(=O)[C@H](C)O3)cc1. The number of anilines is 3. The molecule has 2 aromatic rings. The van der Waals surface area contributed by atoms with Crippen LogP contribution in [-0.2, 0) is 9.53 Å². The largest absolute Gasteiger partial charge is 0.479 e. The van der Waals surface area contributed by atoms with Crippen molar-refractivity contribution in [2.75, 3.05) is 22.6 Å². The molecule has 140 valence electrons. The van der Waals surface area contributed by atoms with Crippen molar-refractivity contribution in [3.63, 3.8) is 0 Å². The predicted octanol–water partition coefficient (Wildman–Crippen LogP) is 3.23. The van der Waals surface area contributed by atoms with E-state index in [-0.39, 0.29) is 18.4 Å². The fourth-order valence-electron chi connectivity index (χ4n) is 2.48. The molecule has 1 aliphatic rings. The fraction of sp³-hybridized carbons (Fsp3) is 0.211. The van der Waals surface area contributed by atoms with Crippen molar-refractivity contribution in [2.24, 2.45) is 0 Å². The van der Waals surface area contributed by atoms with E-state index in [0.717, 1.165) is 0 Å². The first-order valence-corrected chi connectivity index (χ1v) is 8.43. The second-order valence-electron chi connectivity index (χ2n) is 5.84. The molecule has 0 radical (unpaired) electrons. The fourth-order valence-corrected chi connectivity index (χ4v) is 2.48. The summed E-state index contributed by atoms with van der Waals surface area (Å²) >= 11 is 0. The second kappa shape index (κ2) is 7.77. The predicted molar refractivity (Wildman–Crippen MR) is 100 cm³/mol. The van der Waals surface area contributed by atoms with Gasteiger partial charge in [0, 0.05) is 16.9 Å². The van der Waals surface area contributed by atoms with Crippen molar-refractivity contribution < 1.29 is 23.9 Å². The van der Waals surface area contributed by atoms with Crippen molar-refractivity contribution in [3.05, 3.63) is 48.0 Å². The molecule has 0 aromatic heterocycles. The quantitative estimate of drug-likeness (QED) is 0.767. The molecule has 3 rings (SSSR count). The molecule has 1 aliphatic heterocycles. The first kappa shape index (κ1) is 18.2. The summed E-state index contributed by atoms with van der Waals surface area (Å²) in [6.45, 7) is 3.65. The van der Waals surface area contributed by atoms with Gasteiger partial charge in [-0.05, 0) is 56.3 Å². The summed E-state index contributed by atoms with van der Waals surface area (Å²) in [6, 6.07) is 11.4. The average Bonchev–Trinajstić information content (AvgIpc) is 2.63. The zero-order chi connectivity index (χ0) is 19.4. The molecule has 1 atom stereocenters. The van der Waals surface area contributed by atoms with E-state index in [2.05, 4.69) is 16.0 Å². The Balaban J connectivity index is 1.66. The van der Waals surface area contributed by atoms with E-state index >= 15 is 0 Å². The number of hydrogen-bond donors (Lipinski definition) is 3. The summed E-state index contributed by atoms with van der Waals surface area (Å²) < 4.78 is 10.3. The van der Waals surface area contributed by atoms with Gasteiger partial charge in [0.15, 0.2) is 6.10 Å². The van der Waals surface area contributed by atoms with E-state index in [4.69, 9.17) is 9.47 Å². The van der Waals surface area contributed by atoms with Crippen LogP contribution in [-0.4, -0.2) is 30.6 Å². The van der Waals surface area contributed by atoms with Crippen LogP contribution in [0.25, 0.3) is 0 Å². The number of nitrogens with one attached hydrogen (secondary N) is 3. The number of carbonyl (C=O) groups excluding carboxylic acids is 3. The number of fused-ring (bicyclic) bond motifs is 1. The topological polar surface area (TPSA) is 106 Å². The third-order valence-electron chi connectivity index (χ3n) is 3.84. The lowest BCUT2D eigenvalue weighted by Crippen LogP contribution is -2.34. The number of hydrogen-bond acceptors (Lipinski definition) is 5. The van der Waals surface area contributed by atoms with Crippen LogP contribution in [0.4, 0.5) is 21.9 Å². The highest BCUT2D eigenvalue weighted by atomic mass is 16.5. The average molecular weight is 369 g/mol. The van der Waals surface area contributed by atoms with Crippen molar-refractivity contribution >= 4 is 35.0 Å². The van der Waals surface area contributed by atoms with Gasteiger partial charge in [0.05, 0.1) is 12.3 Å². The summed E-state index contributed by atoms with van der Waals surface area (Å²) in [5.41, 5.74) is 1.96. The van der Waals surface area contributed by atoms with E-state index in [0.29, 0.717) is 28.4 Å². The normalized spacial score (nSPS) is 15.0. The third-order valence-corrected chi connectivity index (χ3v) is 3.84. The number of carbonyl (C=O) groups is 3. The number of rotatable bonds is 4. The van der Waals surface area contributed by atoms with Gasteiger partial charge in [-0.1, -0.05) is 0 Å². The van der Waals surface area contributed by atoms with E-state index in [1.807, 2.05) is 0 Å². The zero-order valence-corrected chi connectivity index (χ0v) is 14.9. The lowest BCUT2D eigenvalue weighted by Gasteiger charge is -2.23. The summed E-state index contributed by atoms with van der Waals surface area (Å²) in [6.07, 6.45) is -1.11. The molecule has 3 N–H and O–H groups in total. The molecule has 1 heterocycles. The van der Waals surface area contributed by atoms with Crippen LogP contribution in [0.5, 0.6) is 5.75 Å². The Morgan fingerprint density at radius 1 is 1.11 bits per heavy atom. The molecular weight excluding hydrogens is 350 g/mol. The molecule has 0 saturated carbocycles. The second-order valence-corrected chi connectivity index (χ2v) is 5.84. The molecule has 0 spiro atoms. The molecule has 27 heavy (non-hydrogen) atoms. The van der Waals surface area contributed by atoms with Gasteiger partial charge >= 0.3 is 6.09 Å². The van der Waals surface area contributed by atoms with Crippen LogP contribution in [0, 0.1) is 0 Å². The molecule has 3 amide bonds. The Bertz CT molecular complexity index is 879. The van der Waals surface area contributed by atoms with Crippen LogP contribution in [0.15, 0.2) is 42.5 Å². The Kier molecular flexibility index (Phi) is 5.25. The highest BCUT2D eigenvalue weighted by Gasteiger charge is 2.23. The van der Waals surface area contributed by atoms with Gasteiger partial charge in [-0.15, -0.1) is 0 Å². The highest BCUT2D eigenvalue weighted by Crippen LogP contribution is 2.32. The Labute approximate surface area is 155 Å². The minimum Gasteiger partial charge on any atom is -0.479 e. The molecular formula is C19H19N3O5. The van der Waals surface area contributed by atoms with E-state index in [9.17, 15) is 14.4 Å². The first-order chi connectivity index (χ1) is 13.0. The summed E-state index contributed by atoms with van der Waals surface area (Å²) in [4.78, 5) is 35.5. The number of benzene rings is 2. The van der Waals surface area contributed by atoms with Crippen molar-refractivity contribution in [1.29, 1.82) is 0 Å². The maximum absolute atomic E-state index is 12.4. The van der Waals surface area contributed by atoms with Crippen LogP contribution in [0.2, 0.25) is 0 Å². The first-order valence-electron chi connectivity index (χ1n) is 8.43. The van der Waals surface area contributed by atoms with Crippen molar-refractivity contribution in [1.82, 2.24) is 0 Å². The lowest BCUT2D eigenvalue weighted by atomic mass is 10.1. The van der Waals surface area contributed by atoms with Gasteiger partial charge < -0.3 is 20.1 Å². The minimum atomic E-state index is -0.556. The highest BCUT2D eigenvalue weighted by molar-refractivity contribution is 6.05.